The number of ether oxygens (including phenoxy) is 1. The predicted molar refractivity (Wildman–Crippen MR) is 106 cm³/mol. The number of benzene rings is 2. The number of rotatable bonds is 6. The van der Waals surface area contributed by atoms with E-state index in [1.807, 2.05) is 62.5 Å². The van der Waals surface area contributed by atoms with Crippen LogP contribution in [0.4, 0.5) is 0 Å². The highest BCUT2D eigenvalue weighted by Gasteiger charge is 2.13. The maximum absolute atomic E-state index is 12.3. The molecule has 0 radical (unpaired) electrons. The van der Waals surface area contributed by atoms with E-state index in [9.17, 15) is 4.79 Å². The summed E-state index contributed by atoms with van der Waals surface area (Å²) < 4.78 is 13.3. The number of nitrogens with one attached hydrogen (secondary N) is 1. The van der Waals surface area contributed by atoms with Gasteiger partial charge in [-0.05, 0) is 36.6 Å². The molecule has 6 nitrogen and oxygen atoms in total. The number of fused-ring (bicyclic) bond motifs is 1. The van der Waals surface area contributed by atoms with Crippen molar-refractivity contribution in [3.63, 3.8) is 0 Å². The van der Waals surface area contributed by atoms with Crippen LogP contribution in [-0.4, -0.2) is 15.7 Å². The van der Waals surface area contributed by atoms with Crippen molar-refractivity contribution in [3.05, 3.63) is 83.6 Å². The maximum atomic E-state index is 12.3. The van der Waals surface area contributed by atoms with Crippen molar-refractivity contribution in [1.82, 2.24) is 15.1 Å². The third-order valence-corrected chi connectivity index (χ3v) is 4.53. The van der Waals surface area contributed by atoms with Crippen LogP contribution in [-0.2, 0) is 20.2 Å². The van der Waals surface area contributed by atoms with Gasteiger partial charge in [-0.15, -0.1) is 0 Å². The zero-order chi connectivity index (χ0) is 19.5. The molecule has 4 rings (SSSR count). The molecule has 1 amide bonds. The van der Waals surface area contributed by atoms with E-state index in [0.717, 1.165) is 27.9 Å². The molecule has 4 aromatic rings. The van der Waals surface area contributed by atoms with Gasteiger partial charge in [-0.2, -0.15) is 5.10 Å². The van der Waals surface area contributed by atoms with Crippen molar-refractivity contribution in [2.45, 2.75) is 20.1 Å². The Morgan fingerprint density at radius 2 is 1.96 bits per heavy atom. The highest BCUT2D eigenvalue weighted by atomic mass is 16.5. The molecule has 0 saturated heterocycles. The molecule has 28 heavy (non-hydrogen) atoms. The molecule has 0 unspecified atom stereocenters. The third kappa shape index (κ3) is 3.76. The second kappa shape index (κ2) is 7.60. The molecule has 0 atom stereocenters. The lowest BCUT2D eigenvalue weighted by Gasteiger charge is -2.08. The fourth-order valence-electron chi connectivity index (χ4n) is 3.14. The Bertz CT molecular complexity index is 1120. The highest BCUT2D eigenvalue weighted by Crippen LogP contribution is 2.26. The number of furan rings is 1. The summed E-state index contributed by atoms with van der Waals surface area (Å²) in [6.07, 6.45) is 0. The van der Waals surface area contributed by atoms with Crippen LogP contribution in [0.25, 0.3) is 10.8 Å². The minimum Gasteiger partial charge on any atom is -0.485 e. The summed E-state index contributed by atoms with van der Waals surface area (Å²) in [5.74, 6) is 1.37. The van der Waals surface area contributed by atoms with Crippen molar-refractivity contribution >= 4 is 16.7 Å². The van der Waals surface area contributed by atoms with Crippen molar-refractivity contribution in [1.29, 1.82) is 0 Å². The Morgan fingerprint density at radius 3 is 2.79 bits per heavy atom. The Balaban J connectivity index is 1.38. The minimum absolute atomic E-state index is 0.252. The van der Waals surface area contributed by atoms with Crippen molar-refractivity contribution < 1.29 is 13.9 Å². The van der Waals surface area contributed by atoms with Gasteiger partial charge >= 0.3 is 0 Å². The molecule has 0 spiro atoms. The number of carbonyl (C=O) groups is 1. The quantitative estimate of drug-likeness (QED) is 0.553. The predicted octanol–water partition coefficient (Wildman–Crippen LogP) is 3.98. The van der Waals surface area contributed by atoms with E-state index in [4.69, 9.17) is 9.15 Å². The average molecular weight is 375 g/mol. The summed E-state index contributed by atoms with van der Waals surface area (Å²) in [5.41, 5.74) is 1.84. The molecule has 0 bridgehead atoms. The smallest absolute Gasteiger partial charge is 0.287 e. The molecule has 0 fully saturated rings. The molecular weight excluding hydrogens is 354 g/mol. The maximum Gasteiger partial charge on any atom is 0.287 e. The van der Waals surface area contributed by atoms with Gasteiger partial charge in [-0.3, -0.25) is 9.48 Å². The van der Waals surface area contributed by atoms with Crippen LogP contribution in [0.2, 0.25) is 0 Å². The molecule has 2 aromatic carbocycles. The Kier molecular flexibility index (Phi) is 4.85. The average Bonchev–Trinajstić information content (AvgIpc) is 3.30. The molecule has 6 heteroatoms. The fourth-order valence-corrected chi connectivity index (χ4v) is 3.14. The molecule has 1 N–H and O–H groups in total. The largest absolute Gasteiger partial charge is 0.485 e. The first-order valence-electron chi connectivity index (χ1n) is 9.07. The van der Waals surface area contributed by atoms with E-state index in [1.165, 1.54) is 0 Å². The standard InChI is InChI=1S/C22H21N3O3/c1-15-12-17(25(2)24-15)13-23-22(26)21-11-10-18(28-21)14-27-20-9-5-7-16-6-3-4-8-19(16)20/h3-12H,13-14H2,1-2H3,(H,23,26). The lowest BCUT2D eigenvalue weighted by atomic mass is 10.1. The number of aryl methyl sites for hydroxylation is 2. The van der Waals surface area contributed by atoms with E-state index in [0.29, 0.717) is 12.3 Å². The van der Waals surface area contributed by atoms with Crippen molar-refractivity contribution in [2.75, 3.05) is 0 Å². The summed E-state index contributed by atoms with van der Waals surface area (Å²) in [6.45, 7) is 2.56. The monoisotopic (exact) mass is 375 g/mol. The van der Waals surface area contributed by atoms with Crippen LogP contribution < -0.4 is 10.1 Å². The van der Waals surface area contributed by atoms with Gasteiger partial charge in [0, 0.05) is 12.4 Å². The molecule has 0 aliphatic heterocycles. The molecule has 2 heterocycles. The number of amides is 1. The third-order valence-electron chi connectivity index (χ3n) is 4.53. The van der Waals surface area contributed by atoms with Gasteiger partial charge < -0.3 is 14.5 Å². The van der Waals surface area contributed by atoms with E-state index in [1.54, 1.807) is 16.8 Å². The highest BCUT2D eigenvalue weighted by molar-refractivity contribution is 5.91. The summed E-state index contributed by atoms with van der Waals surface area (Å²) in [4.78, 5) is 12.3. The van der Waals surface area contributed by atoms with E-state index < -0.39 is 0 Å². The topological polar surface area (TPSA) is 69.3 Å². The van der Waals surface area contributed by atoms with Crippen molar-refractivity contribution in [3.8, 4) is 5.75 Å². The number of nitrogens with zero attached hydrogens (tertiary/aromatic N) is 2. The van der Waals surface area contributed by atoms with Crippen molar-refractivity contribution in [2.24, 2.45) is 7.05 Å². The zero-order valence-corrected chi connectivity index (χ0v) is 15.8. The van der Waals surface area contributed by atoms with Crippen LogP contribution in [0, 0.1) is 6.92 Å². The van der Waals surface area contributed by atoms with Crippen LogP contribution in [0.1, 0.15) is 27.7 Å². The fraction of sp³-hybridized carbons (Fsp3) is 0.182. The molecule has 142 valence electrons. The summed E-state index contributed by atoms with van der Waals surface area (Å²) in [5, 5.41) is 9.27. The van der Waals surface area contributed by atoms with Crippen LogP contribution in [0.15, 0.2) is 65.1 Å². The molecule has 0 aliphatic carbocycles. The summed E-state index contributed by atoms with van der Waals surface area (Å²) in [7, 11) is 1.85. The molecule has 0 saturated carbocycles. The summed E-state index contributed by atoms with van der Waals surface area (Å²) >= 11 is 0. The van der Waals surface area contributed by atoms with Crippen LogP contribution in [0.5, 0.6) is 5.75 Å². The van der Waals surface area contributed by atoms with Gasteiger partial charge in [0.1, 0.15) is 18.1 Å². The number of hydrogen-bond donors (Lipinski definition) is 1. The molecule has 2 aromatic heterocycles. The second-order valence-electron chi connectivity index (χ2n) is 6.62. The van der Waals surface area contributed by atoms with Gasteiger partial charge in [-0.25, -0.2) is 0 Å². The van der Waals surface area contributed by atoms with Gasteiger partial charge in [0.2, 0.25) is 0 Å². The number of carbonyl (C=O) groups excluding carboxylic acids is 1. The number of aromatic nitrogens is 2. The first-order chi connectivity index (χ1) is 13.6. The SMILES string of the molecule is Cc1cc(CNC(=O)c2ccc(COc3cccc4ccccc34)o2)n(C)n1. The molecular formula is C22H21N3O3. The van der Waals surface area contributed by atoms with Gasteiger partial charge in [0.15, 0.2) is 5.76 Å². The lowest BCUT2D eigenvalue weighted by molar-refractivity contribution is 0.0918. The van der Waals surface area contributed by atoms with Gasteiger partial charge in [0.05, 0.1) is 17.9 Å². The van der Waals surface area contributed by atoms with Crippen LogP contribution in [0.3, 0.4) is 0 Å². The van der Waals surface area contributed by atoms with Gasteiger partial charge in [0.25, 0.3) is 5.91 Å². The minimum atomic E-state index is -0.268. The Labute approximate surface area is 162 Å². The first kappa shape index (κ1) is 17.9. The normalized spacial score (nSPS) is 10.9. The van der Waals surface area contributed by atoms with E-state index in [-0.39, 0.29) is 18.3 Å². The van der Waals surface area contributed by atoms with Crippen LogP contribution >= 0.6 is 0 Å². The Hall–Kier alpha value is -3.54. The zero-order valence-electron chi connectivity index (χ0n) is 15.8. The summed E-state index contributed by atoms with van der Waals surface area (Å²) in [6, 6.07) is 19.3. The molecule has 0 aliphatic rings. The first-order valence-corrected chi connectivity index (χ1v) is 9.07. The Morgan fingerprint density at radius 1 is 1.14 bits per heavy atom. The lowest BCUT2D eigenvalue weighted by Crippen LogP contribution is -2.23. The van der Waals surface area contributed by atoms with E-state index in [2.05, 4.69) is 10.4 Å². The second-order valence-corrected chi connectivity index (χ2v) is 6.62. The number of hydrogen-bond acceptors (Lipinski definition) is 4. The van der Waals surface area contributed by atoms with Gasteiger partial charge in [-0.1, -0.05) is 36.4 Å². The van der Waals surface area contributed by atoms with E-state index >= 15 is 0 Å².